The van der Waals surface area contributed by atoms with E-state index in [1.807, 2.05) is 44.2 Å². The number of ether oxygens (including phenoxy) is 3. The number of rotatable bonds is 10. The van der Waals surface area contributed by atoms with Crippen molar-refractivity contribution in [2.75, 3.05) is 20.8 Å². The number of hydrogen-bond donors (Lipinski definition) is 2. The van der Waals surface area contributed by atoms with Crippen molar-refractivity contribution in [3.8, 4) is 28.4 Å². The molecular formula is C24H29NO6. The van der Waals surface area contributed by atoms with Gasteiger partial charge in [-0.1, -0.05) is 26.0 Å². The second-order valence-electron chi connectivity index (χ2n) is 8.39. The monoisotopic (exact) mass is 427 g/mol. The Hall–Kier alpha value is -3.22. The summed E-state index contributed by atoms with van der Waals surface area (Å²) in [7, 11) is 3.13. The van der Waals surface area contributed by atoms with Crippen LogP contribution in [0.2, 0.25) is 0 Å². The van der Waals surface area contributed by atoms with Crippen molar-refractivity contribution in [3.63, 3.8) is 0 Å². The van der Waals surface area contributed by atoms with Gasteiger partial charge in [-0.25, -0.2) is 0 Å². The first-order chi connectivity index (χ1) is 14.8. The molecule has 3 rings (SSSR count). The van der Waals surface area contributed by atoms with Crippen molar-refractivity contribution in [2.24, 2.45) is 5.41 Å². The second-order valence-corrected chi connectivity index (χ2v) is 8.39. The number of carbonyl (C=O) groups excluding carboxylic acids is 1. The highest BCUT2D eigenvalue weighted by molar-refractivity contribution is 6.01. The lowest BCUT2D eigenvalue weighted by atomic mass is 9.88. The van der Waals surface area contributed by atoms with Gasteiger partial charge in [0, 0.05) is 24.1 Å². The van der Waals surface area contributed by atoms with E-state index in [0.29, 0.717) is 48.8 Å². The minimum Gasteiger partial charge on any atom is -0.493 e. The Balaban J connectivity index is 1.97. The van der Waals surface area contributed by atoms with Crippen LogP contribution in [-0.2, 0) is 11.3 Å². The fraction of sp³-hybridized carbons (Fsp3) is 0.417. The van der Waals surface area contributed by atoms with E-state index in [-0.39, 0.29) is 17.7 Å². The summed E-state index contributed by atoms with van der Waals surface area (Å²) in [5.41, 5.74) is 3.05. The van der Waals surface area contributed by atoms with E-state index in [4.69, 9.17) is 19.3 Å². The van der Waals surface area contributed by atoms with Gasteiger partial charge in [0.25, 0.3) is 5.91 Å². The van der Waals surface area contributed by atoms with E-state index in [2.05, 4.69) is 5.32 Å². The average molecular weight is 427 g/mol. The number of carbonyl (C=O) groups is 2. The van der Waals surface area contributed by atoms with E-state index < -0.39 is 5.97 Å². The topological polar surface area (TPSA) is 94.1 Å². The van der Waals surface area contributed by atoms with Crippen LogP contribution >= 0.6 is 0 Å². The highest BCUT2D eigenvalue weighted by Gasteiger charge is 2.27. The summed E-state index contributed by atoms with van der Waals surface area (Å²) in [6, 6.07) is 9.36. The Labute approximate surface area is 182 Å². The number of benzene rings is 2. The molecule has 1 heterocycles. The molecule has 1 aliphatic heterocycles. The van der Waals surface area contributed by atoms with Crippen LogP contribution < -0.4 is 19.5 Å². The third kappa shape index (κ3) is 4.93. The molecule has 166 valence electrons. The predicted molar refractivity (Wildman–Crippen MR) is 117 cm³/mol. The van der Waals surface area contributed by atoms with Crippen LogP contribution in [0.1, 0.15) is 49.0 Å². The third-order valence-electron chi connectivity index (χ3n) is 5.49. The minimum absolute atomic E-state index is 0.0839. The molecule has 0 atom stereocenters. The fourth-order valence-corrected chi connectivity index (χ4v) is 3.82. The molecule has 1 amide bonds. The quantitative estimate of drug-likeness (QED) is 0.588. The third-order valence-corrected chi connectivity index (χ3v) is 5.49. The SMILES string of the molecule is COc1ccc(-c2cccc3c2CNC3=O)c(OCC(C)(C)CCCC(=O)O)c1OC. The van der Waals surface area contributed by atoms with Crippen LogP contribution in [0.25, 0.3) is 11.1 Å². The zero-order chi connectivity index (χ0) is 22.6. The summed E-state index contributed by atoms with van der Waals surface area (Å²) in [5, 5.41) is 11.8. The normalized spacial score (nSPS) is 12.8. The molecule has 7 heteroatoms. The number of methoxy groups -OCH3 is 2. The molecule has 2 aromatic carbocycles. The van der Waals surface area contributed by atoms with Crippen LogP contribution in [0.5, 0.6) is 17.2 Å². The minimum atomic E-state index is -0.797. The fourth-order valence-electron chi connectivity index (χ4n) is 3.82. The van der Waals surface area contributed by atoms with Gasteiger partial charge in [0.2, 0.25) is 5.75 Å². The van der Waals surface area contributed by atoms with E-state index >= 15 is 0 Å². The summed E-state index contributed by atoms with van der Waals surface area (Å²) in [6.45, 7) is 4.92. The molecule has 0 fully saturated rings. The molecule has 1 aliphatic rings. The molecule has 2 N–H and O–H groups in total. The number of amides is 1. The molecule has 0 aromatic heterocycles. The molecule has 0 unspecified atom stereocenters. The van der Waals surface area contributed by atoms with Crippen molar-refractivity contribution in [1.82, 2.24) is 5.32 Å². The molecule has 0 saturated heterocycles. The zero-order valence-corrected chi connectivity index (χ0v) is 18.4. The summed E-state index contributed by atoms with van der Waals surface area (Å²) >= 11 is 0. The molecule has 0 spiro atoms. The maximum atomic E-state index is 12.1. The summed E-state index contributed by atoms with van der Waals surface area (Å²) in [4.78, 5) is 23.0. The Morgan fingerprint density at radius 3 is 2.48 bits per heavy atom. The average Bonchev–Trinajstić information content (AvgIpc) is 3.12. The summed E-state index contributed by atoms with van der Waals surface area (Å²) in [5.74, 6) is 0.692. The molecule has 2 aromatic rings. The van der Waals surface area contributed by atoms with Gasteiger partial charge in [0.05, 0.1) is 20.8 Å². The lowest BCUT2D eigenvalue weighted by molar-refractivity contribution is -0.137. The number of carboxylic acid groups (broad SMARTS) is 1. The number of nitrogens with one attached hydrogen (secondary N) is 1. The first-order valence-electron chi connectivity index (χ1n) is 10.3. The lowest BCUT2D eigenvalue weighted by Crippen LogP contribution is -2.22. The molecule has 0 aliphatic carbocycles. The van der Waals surface area contributed by atoms with E-state index in [1.54, 1.807) is 14.2 Å². The molecule has 31 heavy (non-hydrogen) atoms. The molecule has 7 nitrogen and oxygen atoms in total. The van der Waals surface area contributed by atoms with Gasteiger partial charge in [0.15, 0.2) is 11.5 Å². The van der Waals surface area contributed by atoms with Gasteiger partial charge in [0.1, 0.15) is 0 Å². The van der Waals surface area contributed by atoms with Crippen molar-refractivity contribution in [2.45, 2.75) is 39.7 Å². The Kier molecular flexibility index (Phi) is 6.73. The Bertz CT molecular complexity index is 982. The molecule has 0 bridgehead atoms. The van der Waals surface area contributed by atoms with Crippen LogP contribution in [0.4, 0.5) is 0 Å². The highest BCUT2D eigenvalue weighted by Crippen LogP contribution is 2.46. The first-order valence-corrected chi connectivity index (χ1v) is 10.3. The maximum absolute atomic E-state index is 12.1. The predicted octanol–water partition coefficient (Wildman–Crippen LogP) is 4.27. The number of aliphatic carboxylic acids is 1. The van der Waals surface area contributed by atoms with Gasteiger partial charge < -0.3 is 24.6 Å². The molecule has 0 saturated carbocycles. The highest BCUT2D eigenvalue weighted by atomic mass is 16.5. The number of fused-ring (bicyclic) bond motifs is 1. The number of carboxylic acids is 1. The Morgan fingerprint density at radius 1 is 1.06 bits per heavy atom. The van der Waals surface area contributed by atoms with Gasteiger partial charge in [-0.05, 0) is 47.6 Å². The van der Waals surface area contributed by atoms with Gasteiger partial charge in [-0.3, -0.25) is 9.59 Å². The smallest absolute Gasteiger partial charge is 0.303 e. The van der Waals surface area contributed by atoms with Crippen LogP contribution in [0.3, 0.4) is 0 Å². The standard InChI is InChI=1S/C24H29NO6/c1-24(2,12-6-9-20(26)27)14-31-21-16(10-11-19(29-3)22(21)30-4)15-7-5-8-17-18(15)13-25-23(17)28/h5,7-8,10-11H,6,9,12-14H2,1-4H3,(H,25,28)(H,26,27). The molecule has 0 radical (unpaired) electrons. The largest absolute Gasteiger partial charge is 0.493 e. The Morgan fingerprint density at radius 2 is 1.81 bits per heavy atom. The van der Waals surface area contributed by atoms with Crippen molar-refractivity contribution >= 4 is 11.9 Å². The van der Waals surface area contributed by atoms with Crippen molar-refractivity contribution < 1.29 is 28.9 Å². The van der Waals surface area contributed by atoms with E-state index in [1.165, 1.54) is 0 Å². The van der Waals surface area contributed by atoms with Gasteiger partial charge in [-0.2, -0.15) is 0 Å². The summed E-state index contributed by atoms with van der Waals surface area (Å²) < 4.78 is 17.4. The van der Waals surface area contributed by atoms with Crippen LogP contribution in [-0.4, -0.2) is 37.8 Å². The first kappa shape index (κ1) is 22.5. The van der Waals surface area contributed by atoms with Gasteiger partial charge >= 0.3 is 5.97 Å². The number of hydrogen-bond acceptors (Lipinski definition) is 5. The van der Waals surface area contributed by atoms with Crippen molar-refractivity contribution in [1.29, 1.82) is 0 Å². The summed E-state index contributed by atoms with van der Waals surface area (Å²) in [6.07, 6.45) is 1.42. The maximum Gasteiger partial charge on any atom is 0.303 e. The zero-order valence-electron chi connectivity index (χ0n) is 18.4. The van der Waals surface area contributed by atoms with E-state index in [0.717, 1.165) is 16.7 Å². The lowest BCUT2D eigenvalue weighted by Gasteiger charge is -2.26. The second kappa shape index (κ2) is 9.29. The van der Waals surface area contributed by atoms with Gasteiger partial charge in [-0.15, -0.1) is 0 Å². The molecular weight excluding hydrogens is 398 g/mol. The van der Waals surface area contributed by atoms with Crippen molar-refractivity contribution in [3.05, 3.63) is 41.5 Å². The van der Waals surface area contributed by atoms with E-state index in [9.17, 15) is 9.59 Å². The van der Waals surface area contributed by atoms with Crippen LogP contribution in [0, 0.1) is 5.41 Å². The van der Waals surface area contributed by atoms with Crippen LogP contribution in [0.15, 0.2) is 30.3 Å².